The van der Waals surface area contributed by atoms with Crippen LogP contribution in [0.4, 0.5) is 0 Å². The molecule has 4 heteroatoms. The molecule has 138 valence electrons. The van der Waals surface area contributed by atoms with Gasteiger partial charge in [-0.2, -0.15) is 0 Å². The number of benzene rings is 2. The summed E-state index contributed by atoms with van der Waals surface area (Å²) in [6.45, 7) is 4.11. The van der Waals surface area contributed by atoms with Gasteiger partial charge in [0.25, 0.3) is 0 Å². The average molecular weight is 359 g/mol. The highest BCUT2D eigenvalue weighted by Crippen LogP contribution is 2.33. The average Bonchev–Trinajstić information content (AvgIpc) is 3.15. The van der Waals surface area contributed by atoms with E-state index in [4.69, 9.17) is 4.98 Å². The van der Waals surface area contributed by atoms with E-state index in [1.54, 1.807) is 0 Å². The van der Waals surface area contributed by atoms with E-state index in [1.165, 1.54) is 29.7 Å². The number of nitrogens with one attached hydrogen (secondary N) is 1. The molecular weight excluding hydrogens is 334 g/mol. The highest BCUT2D eigenvalue weighted by Gasteiger charge is 2.27. The normalized spacial score (nSPS) is 17.3. The van der Waals surface area contributed by atoms with Gasteiger partial charge in [-0.05, 0) is 47.4 Å². The number of carbonyl (C=O) groups is 1. The number of hydrogen-bond donors (Lipinski definition) is 1. The van der Waals surface area contributed by atoms with Crippen LogP contribution in [0.3, 0.4) is 0 Å². The summed E-state index contributed by atoms with van der Waals surface area (Å²) in [7, 11) is 0. The van der Waals surface area contributed by atoms with Crippen LogP contribution in [-0.4, -0.2) is 22.3 Å². The molecule has 27 heavy (non-hydrogen) atoms. The maximum Gasteiger partial charge on any atom is 0.217 e. The van der Waals surface area contributed by atoms with E-state index in [0.29, 0.717) is 12.6 Å². The Bertz CT molecular complexity index is 931. The summed E-state index contributed by atoms with van der Waals surface area (Å²) in [6, 6.07) is 19.7. The first-order chi connectivity index (χ1) is 13.2. The van der Waals surface area contributed by atoms with Crippen molar-refractivity contribution in [2.45, 2.75) is 38.9 Å². The zero-order valence-corrected chi connectivity index (χ0v) is 15.7. The van der Waals surface area contributed by atoms with Crippen LogP contribution < -0.4 is 5.32 Å². The molecule has 2 heterocycles. The molecular formula is C23H25N3O. The Morgan fingerprint density at radius 3 is 2.81 bits per heavy atom. The number of aromatic nitrogens is 1. The van der Waals surface area contributed by atoms with Gasteiger partial charge in [-0.3, -0.25) is 14.7 Å². The molecule has 0 bridgehead atoms. The number of carbonyl (C=O) groups excluding carboxylic acids is 1. The van der Waals surface area contributed by atoms with Gasteiger partial charge in [-0.1, -0.05) is 48.5 Å². The van der Waals surface area contributed by atoms with Gasteiger partial charge >= 0.3 is 0 Å². The van der Waals surface area contributed by atoms with Gasteiger partial charge in [0.1, 0.15) is 0 Å². The van der Waals surface area contributed by atoms with Crippen molar-refractivity contribution in [3.05, 3.63) is 77.6 Å². The van der Waals surface area contributed by atoms with Crippen LogP contribution in [0.25, 0.3) is 10.8 Å². The lowest BCUT2D eigenvalue weighted by molar-refractivity contribution is -0.119. The molecule has 3 aromatic rings. The third-order valence-corrected chi connectivity index (χ3v) is 5.35. The van der Waals surface area contributed by atoms with Crippen molar-refractivity contribution < 1.29 is 4.79 Å². The van der Waals surface area contributed by atoms with Crippen LogP contribution in [0.1, 0.15) is 42.6 Å². The molecule has 2 aromatic carbocycles. The maximum atomic E-state index is 11.1. The van der Waals surface area contributed by atoms with E-state index in [1.807, 2.05) is 6.20 Å². The first-order valence-corrected chi connectivity index (χ1v) is 9.60. The number of rotatable bonds is 5. The van der Waals surface area contributed by atoms with Crippen molar-refractivity contribution >= 4 is 16.7 Å². The van der Waals surface area contributed by atoms with E-state index in [9.17, 15) is 4.79 Å². The lowest BCUT2D eigenvalue weighted by atomic mass is 10.0. The molecule has 1 atom stereocenters. The molecule has 4 rings (SSSR count). The molecule has 0 radical (unpaired) electrons. The summed E-state index contributed by atoms with van der Waals surface area (Å²) in [5, 5.41) is 5.45. The first-order valence-electron chi connectivity index (χ1n) is 9.60. The van der Waals surface area contributed by atoms with Gasteiger partial charge in [-0.15, -0.1) is 0 Å². The van der Waals surface area contributed by atoms with Crippen molar-refractivity contribution in [3.8, 4) is 0 Å². The topological polar surface area (TPSA) is 45.2 Å². The van der Waals surface area contributed by atoms with Crippen LogP contribution in [-0.2, 0) is 17.9 Å². The number of nitrogens with zero attached hydrogens (tertiary/aromatic N) is 2. The second-order valence-corrected chi connectivity index (χ2v) is 7.27. The Morgan fingerprint density at radius 1 is 1.15 bits per heavy atom. The molecule has 1 fully saturated rings. The van der Waals surface area contributed by atoms with Gasteiger partial charge in [0.05, 0.1) is 11.7 Å². The highest BCUT2D eigenvalue weighted by atomic mass is 16.1. The van der Waals surface area contributed by atoms with Crippen molar-refractivity contribution in [2.24, 2.45) is 0 Å². The molecule has 0 saturated carbocycles. The zero-order valence-electron chi connectivity index (χ0n) is 15.7. The molecule has 1 aliphatic heterocycles. The van der Waals surface area contributed by atoms with Gasteiger partial charge in [-0.25, -0.2) is 0 Å². The predicted molar refractivity (Wildman–Crippen MR) is 108 cm³/mol. The fourth-order valence-electron chi connectivity index (χ4n) is 3.96. The van der Waals surface area contributed by atoms with E-state index in [2.05, 4.69) is 64.8 Å². The molecule has 0 spiro atoms. The highest BCUT2D eigenvalue weighted by molar-refractivity contribution is 5.85. The SMILES string of the molecule is CC(=O)NCc1ccc([C@H]2CCCN2Cc2cccc3ccccc23)nc1. The number of fused-ring (bicyclic) bond motifs is 1. The Balaban J connectivity index is 1.51. The van der Waals surface area contributed by atoms with Crippen molar-refractivity contribution in [2.75, 3.05) is 6.54 Å². The van der Waals surface area contributed by atoms with Crippen LogP contribution in [0.15, 0.2) is 60.8 Å². The standard InChI is InChI=1S/C23H25N3O/c1-17(27)24-14-18-11-12-22(25-15-18)23-10-5-13-26(23)16-20-8-4-7-19-6-2-3-9-21(19)20/h2-4,6-9,11-12,15,23H,5,10,13-14,16H2,1H3,(H,24,27)/t23-/m1/s1. The molecule has 1 aromatic heterocycles. The van der Waals surface area contributed by atoms with Gasteiger partial charge in [0, 0.05) is 26.2 Å². The summed E-state index contributed by atoms with van der Waals surface area (Å²) in [5.41, 5.74) is 3.54. The Hall–Kier alpha value is -2.72. The van der Waals surface area contributed by atoms with Crippen LogP contribution in [0, 0.1) is 0 Å². The molecule has 1 saturated heterocycles. The minimum atomic E-state index is -0.0175. The van der Waals surface area contributed by atoms with E-state index >= 15 is 0 Å². The predicted octanol–water partition coefficient (Wildman–Crippen LogP) is 4.21. The molecule has 0 unspecified atom stereocenters. The fourth-order valence-corrected chi connectivity index (χ4v) is 3.96. The lowest BCUT2D eigenvalue weighted by Crippen LogP contribution is -2.24. The van der Waals surface area contributed by atoms with Crippen molar-refractivity contribution in [1.29, 1.82) is 0 Å². The number of hydrogen-bond acceptors (Lipinski definition) is 3. The molecule has 4 nitrogen and oxygen atoms in total. The fraction of sp³-hybridized carbons (Fsp3) is 0.304. The third kappa shape index (κ3) is 4.01. The van der Waals surface area contributed by atoms with Gasteiger partial charge < -0.3 is 5.32 Å². The van der Waals surface area contributed by atoms with Crippen molar-refractivity contribution in [3.63, 3.8) is 0 Å². The lowest BCUT2D eigenvalue weighted by Gasteiger charge is -2.25. The summed E-state index contributed by atoms with van der Waals surface area (Å²) < 4.78 is 0. The Labute approximate surface area is 160 Å². The van der Waals surface area contributed by atoms with Crippen LogP contribution in [0.2, 0.25) is 0 Å². The van der Waals surface area contributed by atoms with E-state index in [0.717, 1.165) is 30.8 Å². The van der Waals surface area contributed by atoms with Gasteiger partial charge in [0.2, 0.25) is 5.91 Å². The second kappa shape index (κ2) is 7.89. The summed E-state index contributed by atoms with van der Waals surface area (Å²) in [5.74, 6) is -0.0175. The third-order valence-electron chi connectivity index (χ3n) is 5.35. The molecule has 0 aliphatic carbocycles. The monoisotopic (exact) mass is 359 g/mol. The molecule has 1 N–H and O–H groups in total. The van der Waals surface area contributed by atoms with Crippen LogP contribution >= 0.6 is 0 Å². The largest absolute Gasteiger partial charge is 0.352 e. The zero-order chi connectivity index (χ0) is 18.6. The number of likely N-dealkylation sites (tertiary alicyclic amines) is 1. The molecule has 1 aliphatic rings. The maximum absolute atomic E-state index is 11.1. The van der Waals surface area contributed by atoms with E-state index in [-0.39, 0.29) is 5.91 Å². The van der Waals surface area contributed by atoms with Crippen LogP contribution in [0.5, 0.6) is 0 Å². The minimum absolute atomic E-state index is 0.0175. The van der Waals surface area contributed by atoms with Gasteiger partial charge in [0.15, 0.2) is 0 Å². The minimum Gasteiger partial charge on any atom is -0.352 e. The Morgan fingerprint density at radius 2 is 2.00 bits per heavy atom. The van der Waals surface area contributed by atoms with E-state index < -0.39 is 0 Å². The second-order valence-electron chi connectivity index (χ2n) is 7.27. The molecule has 1 amide bonds. The first kappa shape index (κ1) is 17.7. The Kier molecular flexibility index (Phi) is 5.16. The summed E-state index contributed by atoms with van der Waals surface area (Å²) in [6.07, 6.45) is 4.23. The van der Waals surface area contributed by atoms with Crippen molar-refractivity contribution in [1.82, 2.24) is 15.2 Å². The quantitative estimate of drug-likeness (QED) is 0.742. The smallest absolute Gasteiger partial charge is 0.217 e. The summed E-state index contributed by atoms with van der Waals surface area (Å²) in [4.78, 5) is 18.3. The number of amides is 1. The summed E-state index contributed by atoms with van der Waals surface area (Å²) >= 11 is 0. The number of pyridine rings is 1.